The zero-order chi connectivity index (χ0) is 30.4. The first-order chi connectivity index (χ1) is 19.1. The van der Waals surface area contributed by atoms with Crippen molar-refractivity contribution in [3.63, 3.8) is 0 Å². The average Bonchev–Trinajstić information content (AvgIpc) is 3.28. The molecule has 1 aliphatic carbocycles. The van der Waals surface area contributed by atoms with Crippen molar-refractivity contribution in [3.8, 4) is 0 Å². The first kappa shape index (κ1) is 32.8. The molecule has 11 heteroatoms. The van der Waals surface area contributed by atoms with Crippen molar-refractivity contribution in [1.82, 2.24) is 9.62 Å². The molecule has 3 rings (SSSR count). The molecule has 41 heavy (non-hydrogen) atoms. The summed E-state index contributed by atoms with van der Waals surface area (Å²) in [4.78, 5) is 10.1. The lowest BCUT2D eigenvalue weighted by Crippen LogP contribution is -2.47. The van der Waals surface area contributed by atoms with Crippen molar-refractivity contribution in [2.45, 2.75) is 75.1 Å². The second-order valence-corrected chi connectivity index (χ2v) is 13.4. The van der Waals surface area contributed by atoms with Crippen LogP contribution in [0.25, 0.3) is 6.08 Å². The maximum absolute atomic E-state index is 13.8. The largest absolute Gasteiger partial charge is 0.481 e. The highest BCUT2D eigenvalue weighted by Gasteiger charge is 2.35. The number of rotatable bonds is 14. The minimum atomic E-state index is -4.81. The number of nitrogens with zero attached hydrogens (tertiary/aromatic N) is 1. The Balaban J connectivity index is 1.60. The van der Waals surface area contributed by atoms with Gasteiger partial charge < -0.3 is 15.5 Å². The van der Waals surface area contributed by atoms with E-state index in [1.54, 1.807) is 0 Å². The molecule has 0 amide bonds. The maximum Gasteiger partial charge on any atom is 0.417 e. The number of fused-ring (bicyclic) bond motifs is 1. The van der Waals surface area contributed by atoms with Crippen LogP contribution in [0.2, 0.25) is 0 Å². The minimum Gasteiger partial charge on any atom is -0.481 e. The van der Waals surface area contributed by atoms with Crippen LogP contribution in [0.3, 0.4) is 0 Å². The van der Waals surface area contributed by atoms with E-state index in [4.69, 9.17) is 5.11 Å². The molecule has 2 aromatic carbocycles. The second-order valence-electron chi connectivity index (χ2n) is 11.4. The maximum atomic E-state index is 13.8. The standard InChI is InChI=1S/C30H39F3N2O5S/c1-29(2,18-21-15-23-10-7-8-11-24(23)16-21)34-19-25(36)20-35(3)41(39,40)26-14-13-22(27(17-26)30(31,32)33)9-5-4-6-12-28(37)38/h5,7-11,13-14,17,21,25,34,36H,4,6,12,15-16,18-20H2,1-3H3,(H,37,38)/b9-5+/t25-/m1/s1. The molecule has 0 saturated carbocycles. The van der Waals surface area contributed by atoms with Crippen molar-refractivity contribution in [1.29, 1.82) is 0 Å². The number of carboxylic acids is 1. The highest BCUT2D eigenvalue weighted by atomic mass is 32.2. The molecular weight excluding hydrogens is 557 g/mol. The number of hydrogen-bond acceptors (Lipinski definition) is 5. The van der Waals surface area contributed by atoms with Gasteiger partial charge in [0.1, 0.15) is 0 Å². The zero-order valence-electron chi connectivity index (χ0n) is 23.6. The van der Waals surface area contributed by atoms with E-state index in [2.05, 4.69) is 17.4 Å². The van der Waals surface area contributed by atoms with Crippen LogP contribution >= 0.6 is 0 Å². The summed E-state index contributed by atoms with van der Waals surface area (Å²) in [5.41, 5.74) is 1.07. The number of alkyl halides is 3. The Morgan fingerprint density at radius 3 is 2.37 bits per heavy atom. The molecule has 0 saturated heterocycles. The molecule has 226 valence electrons. The van der Waals surface area contributed by atoms with Gasteiger partial charge in [-0.25, -0.2) is 8.42 Å². The van der Waals surface area contributed by atoms with Crippen LogP contribution in [0.15, 0.2) is 53.4 Å². The van der Waals surface area contributed by atoms with Crippen LogP contribution in [0.5, 0.6) is 0 Å². The SMILES string of the molecule is CN(C[C@H](O)CNC(C)(C)CC1Cc2ccccc2C1)S(=O)(=O)c1ccc(/C=C/CCCC(=O)O)c(C(F)(F)F)c1. The van der Waals surface area contributed by atoms with Crippen molar-refractivity contribution in [3.05, 3.63) is 70.8 Å². The summed E-state index contributed by atoms with van der Waals surface area (Å²) in [6.45, 7) is 3.88. The van der Waals surface area contributed by atoms with Crippen LogP contribution in [0.1, 0.15) is 61.8 Å². The van der Waals surface area contributed by atoms with Gasteiger partial charge in [0.05, 0.1) is 16.6 Å². The summed E-state index contributed by atoms with van der Waals surface area (Å²) in [7, 11) is -3.09. The van der Waals surface area contributed by atoms with E-state index in [9.17, 15) is 31.5 Å². The lowest BCUT2D eigenvalue weighted by molar-refractivity contribution is -0.138. The number of allylic oxidation sites excluding steroid dienone is 1. The van der Waals surface area contributed by atoms with Crippen LogP contribution in [-0.2, 0) is 33.8 Å². The first-order valence-corrected chi connectivity index (χ1v) is 15.1. The number of aliphatic hydroxyl groups excluding tert-OH is 1. The van der Waals surface area contributed by atoms with Crippen molar-refractivity contribution in [2.75, 3.05) is 20.1 Å². The smallest absolute Gasteiger partial charge is 0.417 e. The highest BCUT2D eigenvalue weighted by molar-refractivity contribution is 7.89. The summed E-state index contributed by atoms with van der Waals surface area (Å²) in [5.74, 6) is -0.534. The molecule has 0 aliphatic heterocycles. The number of nitrogens with one attached hydrogen (secondary N) is 1. The lowest BCUT2D eigenvalue weighted by Gasteiger charge is -2.31. The number of aliphatic carboxylic acids is 1. The van der Waals surface area contributed by atoms with E-state index in [1.165, 1.54) is 30.3 Å². The van der Waals surface area contributed by atoms with Crippen molar-refractivity contribution in [2.24, 2.45) is 5.92 Å². The predicted octanol–water partition coefficient (Wildman–Crippen LogP) is 5.13. The average molecular weight is 597 g/mol. The number of β-amino-alcohol motifs (C(OH)–C–C–N with tert-alkyl or cyclic N) is 1. The van der Waals surface area contributed by atoms with Crippen LogP contribution in [-0.4, -0.2) is 60.7 Å². The third-order valence-corrected chi connectivity index (χ3v) is 9.14. The van der Waals surface area contributed by atoms with Crippen molar-refractivity contribution >= 4 is 22.1 Å². The first-order valence-electron chi connectivity index (χ1n) is 13.6. The third-order valence-electron chi connectivity index (χ3n) is 7.32. The summed E-state index contributed by atoms with van der Waals surface area (Å²) < 4.78 is 68.4. The monoisotopic (exact) mass is 596 g/mol. The summed E-state index contributed by atoms with van der Waals surface area (Å²) in [6.07, 6.45) is 0.0456. The number of hydrogen-bond donors (Lipinski definition) is 3. The molecular formula is C30H39F3N2O5S. The van der Waals surface area contributed by atoms with Gasteiger partial charge in [0, 0.05) is 32.1 Å². The Hall–Kier alpha value is -2.73. The third kappa shape index (κ3) is 9.39. The number of aliphatic hydroxyl groups is 1. The van der Waals surface area contributed by atoms with Crippen LogP contribution in [0, 0.1) is 5.92 Å². The predicted molar refractivity (Wildman–Crippen MR) is 152 cm³/mol. The molecule has 0 aromatic heterocycles. The number of unbranched alkanes of at least 4 members (excludes halogenated alkanes) is 1. The van der Waals surface area contributed by atoms with Crippen LogP contribution in [0.4, 0.5) is 13.2 Å². The Labute approximate surface area is 240 Å². The molecule has 1 aliphatic rings. The number of benzene rings is 2. The summed E-state index contributed by atoms with van der Waals surface area (Å²) >= 11 is 0. The Kier molecular flexibility index (Phi) is 10.8. The Bertz CT molecular complexity index is 1320. The highest BCUT2D eigenvalue weighted by Crippen LogP contribution is 2.35. The number of likely N-dealkylation sites (N-methyl/N-ethyl adjacent to an activating group) is 1. The normalized spacial score (nSPS) is 15.5. The second kappa shape index (κ2) is 13.5. The Morgan fingerprint density at radius 2 is 1.78 bits per heavy atom. The van der Waals surface area contributed by atoms with E-state index < -0.39 is 38.7 Å². The van der Waals surface area contributed by atoms with Gasteiger partial charge in [-0.2, -0.15) is 17.5 Å². The summed E-state index contributed by atoms with van der Waals surface area (Å²) in [5, 5.41) is 22.6. The molecule has 2 aromatic rings. The summed E-state index contributed by atoms with van der Waals surface area (Å²) in [6, 6.07) is 11.1. The molecule has 3 N–H and O–H groups in total. The molecule has 0 bridgehead atoms. The molecule has 0 heterocycles. The van der Waals surface area contributed by atoms with E-state index in [-0.39, 0.29) is 43.5 Å². The number of carbonyl (C=O) groups is 1. The molecule has 0 fully saturated rings. The molecule has 1 atom stereocenters. The number of halogens is 3. The minimum absolute atomic E-state index is 0.103. The van der Waals surface area contributed by atoms with Gasteiger partial charge in [-0.3, -0.25) is 4.79 Å². The van der Waals surface area contributed by atoms with Gasteiger partial charge in [0.2, 0.25) is 10.0 Å². The number of carboxylic acid groups (broad SMARTS) is 1. The van der Waals surface area contributed by atoms with Crippen LogP contribution < -0.4 is 5.32 Å². The fraction of sp³-hybridized carbons (Fsp3) is 0.500. The fourth-order valence-corrected chi connectivity index (χ4v) is 6.52. The van der Waals surface area contributed by atoms with E-state index in [1.807, 2.05) is 26.0 Å². The topological polar surface area (TPSA) is 107 Å². The van der Waals surface area contributed by atoms with Gasteiger partial charge in [-0.1, -0.05) is 42.5 Å². The van der Waals surface area contributed by atoms with E-state index >= 15 is 0 Å². The fourth-order valence-electron chi connectivity index (χ4n) is 5.29. The molecule has 0 spiro atoms. The molecule has 0 unspecified atom stereocenters. The number of sulfonamides is 1. The van der Waals surface area contributed by atoms with E-state index in [0.717, 1.165) is 35.7 Å². The van der Waals surface area contributed by atoms with E-state index in [0.29, 0.717) is 12.0 Å². The molecule has 7 nitrogen and oxygen atoms in total. The zero-order valence-corrected chi connectivity index (χ0v) is 24.4. The van der Waals surface area contributed by atoms with Gasteiger partial charge in [-0.05, 0) is 80.7 Å². The quantitative estimate of drug-likeness (QED) is 0.261. The van der Waals surface area contributed by atoms with Gasteiger partial charge in [-0.15, -0.1) is 0 Å². The Morgan fingerprint density at radius 1 is 1.15 bits per heavy atom. The van der Waals surface area contributed by atoms with Crippen molar-refractivity contribution < 1.29 is 36.6 Å². The lowest BCUT2D eigenvalue weighted by atomic mass is 9.88. The van der Waals surface area contributed by atoms with Gasteiger partial charge >= 0.3 is 12.1 Å². The van der Waals surface area contributed by atoms with Gasteiger partial charge in [0.25, 0.3) is 0 Å². The molecule has 0 radical (unpaired) electrons. The van der Waals surface area contributed by atoms with Gasteiger partial charge in [0.15, 0.2) is 0 Å².